The summed E-state index contributed by atoms with van der Waals surface area (Å²) in [5.41, 5.74) is 0. The highest BCUT2D eigenvalue weighted by Gasteiger charge is 2.13. The predicted molar refractivity (Wildman–Crippen MR) is 41.1 cm³/mol. The van der Waals surface area contributed by atoms with Gasteiger partial charge in [-0.25, -0.2) is 4.67 Å². The van der Waals surface area contributed by atoms with Crippen LogP contribution in [0.3, 0.4) is 0 Å². The van der Waals surface area contributed by atoms with Gasteiger partial charge in [-0.3, -0.25) is 0 Å². The molecule has 0 aromatic heterocycles. The molecule has 0 N–H and O–H groups in total. The Bertz CT molecular complexity index is 106. The quantitative estimate of drug-likeness (QED) is 0.447. The van der Waals surface area contributed by atoms with Crippen molar-refractivity contribution in [3.05, 3.63) is 25.3 Å². The first-order chi connectivity index (χ1) is 4.72. The van der Waals surface area contributed by atoms with Gasteiger partial charge >= 0.3 is 8.69 Å². The second kappa shape index (κ2) is 5.51. The van der Waals surface area contributed by atoms with Gasteiger partial charge in [0.2, 0.25) is 0 Å². The molecule has 58 valence electrons. The molecule has 0 aliphatic rings. The van der Waals surface area contributed by atoms with E-state index in [1.807, 2.05) is 0 Å². The van der Waals surface area contributed by atoms with Crippen LogP contribution in [-0.4, -0.2) is 17.8 Å². The molecular weight excluding hydrogens is 155 g/mol. The predicted octanol–water partition coefficient (Wildman–Crippen LogP) is 2.83. The van der Waals surface area contributed by atoms with E-state index >= 15 is 0 Å². The first-order valence-electron chi connectivity index (χ1n) is 2.80. The summed E-state index contributed by atoms with van der Waals surface area (Å²) in [5.74, 6) is 0. The minimum absolute atomic E-state index is 0.227. The molecule has 0 fully saturated rings. The van der Waals surface area contributed by atoms with Gasteiger partial charge in [-0.1, -0.05) is 12.2 Å². The van der Waals surface area contributed by atoms with Crippen LogP contribution in [-0.2, 0) is 0 Å². The Hall–Kier alpha value is -0.270. The van der Waals surface area contributed by atoms with Gasteiger partial charge in [-0.2, -0.15) is 8.39 Å². The topological polar surface area (TPSA) is 3.24 Å². The zero-order valence-corrected chi connectivity index (χ0v) is 6.53. The molecule has 0 amide bonds. The minimum atomic E-state index is -2.98. The molecule has 0 aromatic rings. The molecule has 0 rings (SSSR count). The standard InChI is InChI=1S/C6H10F2NP/c1-3-5-9(6-4-2)10(7)8/h3-4H,1-2,5-6H2. The third kappa shape index (κ3) is 3.70. The number of rotatable bonds is 5. The van der Waals surface area contributed by atoms with E-state index in [9.17, 15) is 8.39 Å². The zero-order chi connectivity index (χ0) is 7.98. The fourth-order valence-corrected chi connectivity index (χ4v) is 0.974. The Morgan fingerprint density at radius 1 is 1.20 bits per heavy atom. The lowest BCUT2D eigenvalue weighted by Gasteiger charge is -2.14. The van der Waals surface area contributed by atoms with Gasteiger partial charge in [0.1, 0.15) is 0 Å². The lowest BCUT2D eigenvalue weighted by molar-refractivity contribution is 0.487. The first-order valence-corrected chi connectivity index (χ1v) is 3.88. The van der Waals surface area contributed by atoms with E-state index in [0.29, 0.717) is 0 Å². The molecular formula is C6H10F2NP. The van der Waals surface area contributed by atoms with Crippen LogP contribution in [0.5, 0.6) is 0 Å². The molecule has 10 heavy (non-hydrogen) atoms. The van der Waals surface area contributed by atoms with Crippen LogP contribution in [0.2, 0.25) is 0 Å². The molecule has 0 heterocycles. The number of nitrogens with zero attached hydrogens (tertiary/aromatic N) is 1. The van der Waals surface area contributed by atoms with Crippen LogP contribution >= 0.6 is 8.69 Å². The van der Waals surface area contributed by atoms with Crippen LogP contribution in [0.15, 0.2) is 25.3 Å². The first kappa shape index (κ1) is 9.73. The Balaban J connectivity index is 3.70. The van der Waals surface area contributed by atoms with E-state index in [2.05, 4.69) is 13.2 Å². The van der Waals surface area contributed by atoms with Gasteiger partial charge in [0.05, 0.1) is 0 Å². The van der Waals surface area contributed by atoms with Gasteiger partial charge in [0.15, 0.2) is 0 Å². The average molecular weight is 165 g/mol. The monoisotopic (exact) mass is 165 g/mol. The van der Waals surface area contributed by atoms with Gasteiger partial charge in [-0.15, -0.1) is 13.2 Å². The lowest BCUT2D eigenvalue weighted by Crippen LogP contribution is -2.14. The van der Waals surface area contributed by atoms with Crippen LogP contribution in [0, 0.1) is 0 Å². The molecule has 0 radical (unpaired) electrons. The summed E-state index contributed by atoms with van der Waals surface area (Å²) >= 11 is 0. The maximum Gasteiger partial charge on any atom is 0.346 e. The third-order valence-electron chi connectivity index (χ3n) is 0.894. The van der Waals surface area contributed by atoms with Crippen molar-refractivity contribution in [2.75, 3.05) is 13.1 Å². The highest BCUT2D eigenvalue weighted by molar-refractivity contribution is 7.43. The Labute approximate surface area is 61.1 Å². The van der Waals surface area contributed by atoms with Crippen molar-refractivity contribution in [2.45, 2.75) is 0 Å². The fraction of sp³-hybridized carbons (Fsp3) is 0.333. The SMILES string of the molecule is C=CCN(CC=C)P(F)F. The minimum Gasteiger partial charge on any atom is -0.222 e. The van der Waals surface area contributed by atoms with Crippen LogP contribution in [0.4, 0.5) is 8.39 Å². The molecule has 0 bridgehead atoms. The normalized spacial score (nSPS) is 10.4. The molecule has 0 aromatic carbocycles. The Kier molecular flexibility index (Phi) is 5.36. The second-order valence-electron chi connectivity index (χ2n) is 1.66. The van der Waals surface area contributed by atoms with E-state index < -0.39 is 8.69 Å². The molecule has 0 unspecified atom stereocenters. The Morgan fingerprint density at radius 3 is 1.80 bits per heavy atom. The number of hydrogen-bond donors (Lipinski definition) is 0. The molecule has 4 heteroatoms. The highest BCUT2D eigenvalue weighted by atomic mass is 31.2. The molecule has 0 aliphatic carbocycles. The molecule has 0 spiro atoms. The molecule has 1 nitrogen and oxygen atoms in total. The van der Waals surface area contributed by atoms with Crippen molar-refractivity contribution >= 4 is 8.69 Å². The average Bonchev–Trinajstić information content (AvgIpc) is 1.87. The van der Waals surface area contributed by atoms with Crippen molar-refractivity contribution in [3.63, 3.8) is 0 Å². The van der Waals surface area contributed by atoms with E-state index in [1.165, 1.54) is 12.2 Å². The molecule has 0 saturated carbocycles. The van der Waals surface area contributed by atoms with Gasteiger partial charge in [-0.05, 0) is 0 Å². The van der Waals surface area contributed by atoms with E-state index in [1.54, 1.807) is 0 Å². The van der Waals surface area contributed by atoms with Crippen LogP contribution in [0.25, 0.3) is 0 Å². The van der Waals surface area contributed by atoms with Crippen molar-refractivity contribution in [1.82, 2.24) is 4.67 Å². The second-order valence-corrected chi connectivity index (χ2v) is 2.66. The number of halogens is 2. The van der Waals surface area contributed by atoms with Crippen LogP contribution < -0.4 is 0 Å². The summed E-state index contributed by atoms with van der Waals surface area (Å²) in [6, 6.07) is 0. The maximum absolute atomic E-state index is 12.0. The lowest BCUT2D eigenvalue weighted by atomic mass is 10.5. The van der Waals surface area contributed by atoms with Crippen molar-refractivity contribution in [3.8, 4) is 0 Å². The van der Waals surface area contributed by atoms with Gasteiger partial charge in [0, 0.05) is 13.1 Å². The fourth-order valence-electron chi connectivity index (χ4n) is 0.496. The maximum atomic E-state index is 12.0. The van der Waals surface area contributed by atoms with E-state index in [0.717, 1.165) is 4.67 Å². The summed E-state index contributed by atoms with van der Waals surface area (Å²) in [5, 5.41) is 0. The van der Waals surface area contributed by atoms with Crippen LogP contribution in [0.1, 0.15) is 0 Å². The summed E-state index contributed by atoms with van der Waals surface area (Å²) in [7, 11) is -2.98. The third-order valence-corrected chi connectivity index (χ3v) is 1.65. The molecule has 0 atom stereocenters. The van der Waals surface area contributed by atoms with Gasteiger partial charge < -0.3 is 0 Å². The number of hydrogen-bond acceptors (Lipinski definition) is 1. The molecule has 0 aliphatic heterocycles. The summed E-state index contributed by atoms with van der Waals surface area (Å²) < 4.78 is 25.0. The van der Waals surface area contributed by atoms with E-state index in [-0.39, 0.29) is 13.1 Å². The van der Waals surface area contributed by atoms with Crippen molar-refractivity contribution < 1.29 is 8.39 Å². The Morgan fingerprint density at radius 2 is 1.60 bits per heavy atom. The van der Waals surface area contributed by atoms with Crippen molar-refractivity contribution in [2.24, 2.45) is 0 Å². The molecule has 0 saturated heterocycles. The van der Waals surface area contributed by atoms with Gasteiger partial charge in [0.25, 0.3) is 0 Å². The smallest absolute Gasteiger partial charge is 0.222 e. The summed E-state index contributed by atoms with van der Waals surface area (Å²) in [6.45, 7) is 7.19. The van der Waals surface area contributed by atoms with E-state index in [4.69, 9.17) is 0 Å². The summed E-state index contributed by atoms with van der Waals surface area (Å²) in [6.07, 6.45) is 2.91. The highest BCUT2D eigenvalue weighted by Crippen LogP contribution is 2.42. The zero-order valence-electron chi connectivity index (χ0n) is 5.63. The summed E-state index contributed by atoms with van der Waals surface area (Å²) in [4.78, 5) is 0. The van der Waals surface area contributed by atoms with Crippen molar-refractivity contribution in [1.29, 1.82) is 0 Å². The largest absolute Gasteiger partial charge is 0.346 e.